The van der Waals surface area contributed by atoms with Crippen molar-refractivity contribution in [3.05, 3.63) is 64.3 Å². The summed E-state index contributed by atoms with van der Waals surface area (Å²) in [6, 6.07) is 13.1. The number of rotatable bonds is 11. The number of benzene rings is 2. The van der Waals surface area contributed by atoms with Crippen molar-refractivity contribution in [3.63, 3.8) is 0 Å². The molecule has 0 amide bonds. The fraction of sp³-hybridized carbons (Fsp3) is 0.429. The Bertz CT molecular complexity index is 1230. The Hall–Kier alpha value is -2.03. The molecule has 0 bridgehead atoms. The molecule has 2 heterocycles. The van der Waals surface area contributed by atoms with Gasteiger partial charge in [0.05, 0.1) is 28.8 Å². The molecule has 0 spiro atoms. The molecule has 37 heavy (non-hydrogen) atoms. The van der Waals surface area contributed by atoms with Crippen molar-refractivity contribution in [3.8, 4) is 5.75 Å². The zero-order chi connectivity index (χ0) is 26.4. The van der Waals surface area contributed by atoms with Gasteiger partial charge in [0.25, 0.3) is 0 Å². The topological polar surface area (TPSA) is 82.9 Å². The lowest BCUT2D eigenvalue weighted by atomic mass is 9.79. The molecule has 1 saturated heterocycles. The van der Waals surface area contributed by atoms with Gasteiger partial charge in [-0.25, -0.2) is 0 Å². The first-order chi connectivity index (χ1) is 17.9. The van der Waals surface area contributed by atoms with Crippen LogP contribution in [0.4, 0.5) is 0 Å². The van der Waals surface area contributed by atoms with Crippen LogP contribution in [0.25, 0.3) is 10.9 Å². The van der Waals surface area contributed by atoms with Crippen molar-refractivity contribution in [2.45, 2.75) is 36.7 Å². The summed E-state index contributed by atoms with van der Waals surface area (Å²) in [5.74, 6) is 1.09. The first kappa shape index (κ1) is 28.0. The van der Waals surface area contributed by atoms with E-state index in [1.165, 1.54) is 0 Å². The van der Waals surface area contributed by atoms with E-state index in [0.717, 1.165) is 65.3 Å². The molecule has 1 aromatic heterocycles. The van der Waals surface area contributed by atoms with E-state index in [0.29, 0.717) is 16.5 Å². The van der Waals surface area contributed by atoms with E-state index in [4.69, 9.17) is 27.9 Å². The Morgan fingerprint density at radius 3 is 2.86 bits per heavy atom. The van der Waals surface area contributed by atoms with Gasteiger partial charge in [0.2, 0.25) is 0 Å². The number of hydrogen-bond donors (Lipinski definition) is 2. The minimum absolute atomic E-state index is 0.0486. The minimum atomic E-state index is -0.773. The zero-order valence-corrected chi connectivity index (χ0v) is 23.1. The lowest BCUT2D eigenvalue weighted by molar-refractivity contribution is -0.139. The molecule has 1 aliphatic rings. The molecule has 6 nitrogen and oxygen atoms in total. The molecule has 4 rings (SSSR count). The van der Waals surface area contributed by atoms with Gasteiger partial charge in [0, 0.05) is 41.7 Å². The van der Waals surface area contributed by atoms with Crippen LogP contribution in [0, 0.1) is 11.8 Å². The average Bonchev–Trinajstić information content (AvgIpc) is 2.89. The fourth-order valence-corrected chi connectivity index (χ4v) is 6.67. The molecule has 198 valence electrons. The number of carboxylic acids is 1. The number of thioether (sulfide) groups is 1. The van der Waals surface area contributed by atoms with E-state index < -0.39 is 12.1 Å². The summed E-state index contributed by atoms with van der Waals surface area (Å²) in [6.45, 7) is 2.51. The predicted molar refractivity (Wildman–Crippen MR) is 150 cm³/mol. The average molecular weight is 564 g/mol. The number of pyridine rings is 1. The highest BCUT2D eigenvalue weighted by Crippen LogP contribution is 2.36. The van der Waals surface area contributed by atoms with Crippen LogP contribution in [0.1, 0.15) is 37.4 Å². The highest BCUT2D eigenvalue weighted by Gasteiger charge is 2.31. The molecule has 3 atom stereocenters. The van der Waals surface area contributed by atoms with E-state index in [9.17, 15) is 15.0 Å². The first-order valence-corrected chi connectivity index (χ1v) is 14.2. The summed E-state index contributed by atoms with van der Waals surface area (Å²) in [5, 5.41) is 22.6. The second-order valence-corrected chi connectivity index (χ2v) is 11.4. The largest absolute Gasteiger partial charge is 0.497 e. The van der Waals surface area contributed by atoms with Crippen molar-refractivity contribution in [1.29, 1.82) is 0 Å². The van der Waals surface area contributed by atoms with Crippen LogP contribution in [-0.2, 0) is 4.79 Å². The zero-order valence-electron chi connectivity index (χ0n) is 20.8. The maximum absolute atomic E-state index is 11.6. The number of halogens is 2. The Balaban J connectivity index is 1.35. The van der Waals surface area contributed by atoms with Gasteiger partial charge in [-0.15, -0.1) is 11.8 Å². The Morgan fingerprint density at radius 1 is 1.24 bits per heavy atom. The van der Waals surface area contributed by atoms with E-state index in [2.05, 4.69) is 9.88 Å². The van der Waals surface area contributed by atoms with Crippen LogP contribution in [0.2, 0.25) is 10.0 Å². The van der Waals surface area contributed by atoms with Crippen LogP contribution in [0.15, 0.2) is 53.6 Å². The molecule has 1 fully saturated rings. The lowest BCUT2D eigenvalue weighted by Gasteiger charge is -2.38. The van der Waals surface area contributed by atoms with E-state index in [1.807, 2.05) is 36.4 Å². The molecular weight excluding hydrogens is 531 g/mol. The smallest absolute Gasteiger partial charge is 0.303 e. The van der Waals surface area contributed by atoms with Crippen molar-refractivity contribution in [2.75, 3.05) is 32.5 Å². The van der Waals surface area contributed by atoms with Gasteiger partial charge in [0.15, 0.2) is 0 Å². The SMILES string of the molecule is COc1ccc2nccc([C@H](O)CC[C@@H]3CCN(CCSc4cccc(Cl)c4Cl)C[C@@H]3CC(=O)O)c2c1. The summed E-state index contributed by atoms with van der Waals surface area (Å²) >= 11 is 14.1. The third-order valence-electron chi connectivity index (χ3n) is 7.15. The van der Waals surface area contributed by atoms with Gasteiger partial charge in [0.1, 0.15) is 5.75 Å². The van der Waals surface area contributed by atoms with Gasteiger partial charge in [-0.1, -0.05) is 29.3 Å². The summed E-state index contributed by atoms with van der Waals surface area (Å²) in [4.78, 5) is 19.3. The molecule has 0 aliphatic carbocycles. The molecule has 2 N–H and O–H groups in total. The number of likely N-dealkylation sites (tertiary alicyclic amines) is 1. The molecule has 9 heteroatoms. The molecule has 3 aromatic rings. The standard InChI is InChI=1S/C28H32Cl2N2O4S/c1-36-20-6-7-24-22(16-20)21(9-11-31-24)25(33)8-5-18-10-12-32(17-19(18)15-27(34)35)13-14-37-26-4-2-3-23(29)28(26)30/h2-4,6-7,9,11,16,18-19,25,33H,5,8,10,12-15,17H2,1H3,(H,34,35)/t18-,19+,25-/m1/s1. The van der Waals surface area contributed by atoms with Crippen LogP contribution in [0.3, 0.4) is 0 Å². The predicted octanol–water partition coefficient (Wildman–Crippen LogP) is 6.57. The fourth-order valence-electron chi connectivity index (χ4n) is 5.17. The molecule has 0 radical (unpaired) electrons. The Morgan fingerprint density at radius 2 is 2.08 bits per heavy atom. The van der Waals surface area contributed by atoms with Crippen molar-refractivity contribution in [1.82, 2.24) is 9.88 Å². The number of aliphatic hydroxyl groups excluding tert-OH is 1. The number of fused-ring (bicyclic) bond motifs is 1. The molecule has 0 unspecified atom stereocenters. The summed E-state index contributed by atoms with van der Waals surface area (Å²) in [7, 11) is 1.62. The molecule has 1 aliphatic heterocycles. The Labute approximate surface area is 231 Å². The maximum Gasteiger partial charge on any atom is 0.303 e. The van der Waals surface area contributed by atoms with E-state index in [1.54, 1.807) is 31.1 Å². The van der Waals surface area contributed by atoms with Gasteiger partial charge >= 0.3 is 5.97 Å². The van der Waals surface area contributed by atoms with Crippen molar-refractivity contribution < 1.29 is 19.7 Å². The van der Waals surface area contributed by atoms with E-state index in [-0.39, 0.29) is 18.3 Å². The Kier molecular flexibility index (Phi) is 9.96. The van der Waals surface area contributed by atoms with Crippen LogP contribution < -0.4 is 4.74 Å². The highest BCUT2D eigenvalue weighted by molar-refractivity contribution is 7.99. The second kappa shape index (κ2) is 13.2. The highest BCUT2D eigenvalue weighted by atomic mass is 35.5. The second-order valence-electron chi connectivity index (χ2n) is 9.48. The number of carboxylic acid groups (broad SMARTS) is 1. The summed E-state index contributed by atoms with van der Waals surface area (Å²) in [5.41, 5.74) is 1.64. The number of methoxy groups -OCH3 is 1. The molecular formula is C28H32Cl2N2O4S. The number of ether oxygens (including phenoxy) is 1. The number of nitrogens with zero attached hydrogens (tertiary/aromatic N) is 2. The van der Waals surface area contributed by atoms with Gasteiger partial charge in [-0.3, -0.25) is 9.78 Å². The molecule has 0 saturated carbocycles. The monoisotopic (exact) mass is 562 g/mol. The van der Waals surface area contributed by atoms with Gasteiger partial charge in [-0.05, 0) is 79.6 Å². The van der Waals surface area contributed by atoms with Crippen LogP contribution >= 0.6 is 35.0 Å². The first-order valence-electron chi connectivity index (χ1n) is 12.5. The van der Waals surface area contributed by atoms with Crippen LogP contribution in [-0.4, -0.2) is 58.6 Å². The van der Waals surface area contributed by atoms with Crippen molar-refractivity contribution >= 4 is 51.8 Å². The normalized spacial score (nSPS) is 19.1. The van der Waals surface area contributed by atoms with Crippen LogP contribution in [0.5, 0.6) is 5.75 Å². The summed E-state index contributed by atoms with van der Waals surface area (Å²) < 4.78 is 5.35. The van der Waals surface area contributed by atoms with Crippen molar-refractivity contribution in [2.24, 2.45) is 11.8 Å². The summed E-state index contributed by atoms with van der Waals surface area (Å²) in [6.07, 6.45) is 3.46. The third-order valence-corrected chi connectivity index (χ3v) is 9.11. The van der Waals surface area contributed by atoms with Gasteiger partial charge < -0.3 is 19.8 Å². The number of carbonyl (C=O) groups is 1. The lowest BCUT2D eigenvalue weighted by Crippen LogP contribution is -2.42. The number of hydrogen-bond acceptors (Lipinski definition) is 6. The van der Waals surface area contributed by atoms with E-state index >= 15 is 0 Å². The number of piperidine rings is 1. The minimum Gasteiger partial charge on any atom is -0.497 e. The van der Waals surface area contributed by atoms with Gasteiger partial charge in [-0.2, -0.15) is 0 Å². The quantitative estimate of drug-likeness (QED) is 0.256. The molecule has 2 aromatic carbocycles. The third kappa shape index (κ3) is 7.30. The number of aromatic nitrogens is 1. The number of aliphatic carboxylic acids is 1. The maximum atomic E-state index is 11.6. The number of aliphatic hydroxyl groups is 1.